The van der Waals surface area contributed by atoms with Crippen molar-refractivity contribution in [2.24, 2.45) is 17.4 Å². The van der Waals surface area contributed by atoms with Crippen LogP contribution in [0.5, 0.6) is 0 Å². The topological polar surface area (TPSA) is 72.3 Å². The number of aliphatic hydroxyl groups excluding tert-OH is 1. The first-order valence-electron chi connectivity index (χ1n) is 21.3. The molecule has 0 spiro atoms. The fourth-order valence-electron chi connectivity index (χ4n) is 7.78. The maximum Gasteiger partial charge on any atom is 0.0471 e. The van der Waals surface area contributed by atoms with Crippen molar-refractivity contribution < 1.29 is 5.11 Å². The SMILES string of the molecule is CC(C)(C)c1cccc(CCC(CN)CO)c1C(C)(C)C.CC(C)(C)c1ccccc1C(C)(C)C.CC(CCCN)c1cccc(C(C)(C)C)c1C(C)(C)C. The second-order valence-corrected chi connectivity index (χ2v) is 22.3. The predicted molar refractivity (Wildman–Crippen MR) is 246 cm³/mol. The smallest absolute Gasteiger partial charge is 0.0471 e. The van der Waals surface area contributed by atoms with E-state index in [1.54, 1.807) is 0 Å². The molecule has 0 saturated heterocycles. The van der Waals surface area contributed by atoms with Gasteiger partial charge in [0.15, 0.2) is 0 Å². The van der Waals surface area contributed by atoms with E-state index in [4.69, 9.17) is 11.5 Å². The van der Waals surface area contributed by atoms with Crippen LogP contribution in [0.25, 0.3) is 0 Å². The van der Waals surface area contributed by atoms with E-state index in [-0.39, 0.29) is 45.0 Å². The van der Waals surface area contributed by atoms with E-state index in [0.717, 1.165) is 25.8 Å². The Bertz CT molecular complexity index is 1540. The molecule has 312 valence electrons. The van der Waals surface area contributed by atoms with Gasteiger partial charge in [0.1, 0.15) is 0 Å². The number of hydrogen-bond acceptors (Lipinski definition) is 3. The zero-order valence-corrected chi connectivity index (χ0v) is 39.5. The maximum absolute atomic E-state index is 9.34. The van der Waals surface area contributed by atoms with Gasteiger partial charge in [-0.05, 0) is 128 Å². The van der Waals surface area contributed by atoms with Gasteiger partial charge in [0.05, 0.1) is 0 Å². The molecule has 55 heavy (non-hydrogen) atoms. The largest absolute Gasteiger partial charge is 0.396 e. The molecule has 0 fully saturated rings. The fourth-order valence-corrected chi connectivity index (χ4v) is 7.78. The lowest BCUT2D eigenvalue weighted by Gasteiger charge is -2.34. The third-order valence-corrected chi connectivity index (χ3v) is 10.7. The molecule has 0 amide bonds. The summed E-state index contributed by atoms with van der Waals surface area (Å²) in [6.45, 7) is 45.1. The van der Waals surface area contributed by atoms with E-state index in [1.807, 2.05) is 0 Å². The van der Waals surface area contributed by atoms with Crippen molar-refractivity contribution in [3.8, 4) is 0 Å². The lowest BCUT2D eigenvalue weighted by atomic mass is 9.71. The molecule has 0 heterocycles. The number of rotatable bonds is 9. The Morgan fingerprint density at radius 3 is 1.25 bits per heavy atom. The van der Waals surface area contributed by atoms with Crippen LogP contribution in [0, 0.1) is 5.92 Å². The lowest BCUT2D eigenvalue weighted by molar-refractivity contribution is 0.223. The van der Waals surface area contributed by atoms with Crippen molar-refractivity contribution in [1.82, 2.24) is 0 Å². The van der Waals surface area contributed by atoms with Crippen LogP contribution in [-0.2, 0) is 38.9 Å². The first kappa shape index (κ1) is 50.6. The summed E-state index contributed by atoms with van der Waals surface area (Å²) in [4.78, 5) is 0. The van der Waals surface area contributed by atoms with Gasteiger partial charge in [0.2, 0.25) is 0 Å². The van der Waals surface area contributed by atoms with Gasteiger partial charge in [-0.3, -0.25) is 0 Å². The Morgan fingerprint density at radius 2 is 0.891 bits per heavy atom. The molecule has 0 aliphatic heterocycles. The highest BCUT2D eigenvalue weighted by Gasteiger charge is 2.30. The molecule has 3 heteroatoms. The molecule has 0 bridgehead atoms. The van der Waals surface area contributed by atoms with Gasteiger partial charge in [-0.25, -0.2) is 0 Å². The summed E-state index contributed by atoms with van der Waals surface area (Å²) in [5.41, 5.74) is 24.3. The normalized spacial score (nSPS) is 14.0. The lowest BCUT2D eigenvalue weighted by Crippen LogP contribution is -2.25. The summed E-state index contributed by atoms with van der Waals surface area (Å²) in [6.07, 6.45) is 4.21. The molecule has 0 saturated carbocycles. The predicted octanol–water partition coefficient (Wildman–Crippen LogP) is 13.2. The van der Waals surface area contributed by atoms with Crippen LogP contribution in [0.15, 0.2) is 60.7 Å². The highest BCUT2D eigenvalue weighted by Crippen LogP contribution is 2.40. The average molecular weight is 757 g/mol. The van der Waals surface area contributed by atoms with Crippen LogP contribution >= 0.6 is 0 Å². The zero-order chi connectivity index (χ0) is 42.8. The van der Waals surface area contributed by atoms with Crippen LogP contribution in [0.2, 0.25) is 0 Å². The van der Waals surface area contributed by atoms with Crippen molar-refractivity contribution in [1.29, 1.82) is 0 Å². The molecule has 2 unspecified atom stereocenters. The second-order valence-electron chi connectivity index (χ2n) is 22.3. The molecular formula is C52H88N2O. The van der Waals surface area contributed by atoms with Gasteiger partial charge in [-0.1, -0.05) is 192 Å². The van der Waals surface area contributed by atoms with Crippen LogP contribution in [-0.4, -0.2) is 24.8 Å². The van der Waals surface area contributed by atoms with E-state index in [1.165, 1.54) is 50.9 Å². The highest BCUT2D eigenvalue weighted by molar-refractivity contribution is 5.46. The third-order valence-electron chi connectivity index (χ3n) is 10.7. The minimum Gasteiger partial charge on any atom is -0.396 e. The quantitative estimate of drug-likeness (QED) is 0.204. The Hall–Kier alpha value is -2.46. The molecule has 0 aromatic heterocycles. The number of aryl methyl sites for hydroxylation is 1. The minimum absolute atomic E-state index is 0.122. The fraction of sp³-hybridized carbons (Fsp3) is 0.654. The average Bonchev–Trinajstić information content (AvgIpc) is 3.05. The highest BCUT2D eigenvalue weighted by atomic mass is 16.3. The Labute approximate surface area is 341 Å². The standard InChI is InChI=1S/C19H33NO.C19H33N.C14H22/c1-18(2,3)16-9-7-8-15(17(16)19(4,5)6)11-10-14(12-20)13-21;1-14(10-9-13-20)15-11-8-12-16(18(2,3)4)17(15)19(5,6)7;1-13(2,3)11-9-7-8-10-12(11)14(4,5)6/h7-9,14,21H,10-13,20H2,1-6H3;8,11-12,14H,9-10,13,20H2,1-7H3;7-10H,1-6H3. The Balaban J connectivity index is 0.000000421. The van der Waals surface area contributed by atoms with Gasteiger partial charge in [-0.15, -0.1) is 0 Å². The summed E-state index contributed by atoms with van der Waals surface area (Å²) in [6, 6.07) is 22.3. The zero-order valence-electron chi connectivity index (χ0n) is 39.5. The molecule has 5 N–H and O–H groups in total. The van der Waals surface area contributed by atoms with E-state index in [0.29, 0.717) is 12.5 Å². The molecule has 3 nitrogen and oxygen atoms in total. The van der Waals surface area contributed by atoms with Crippen molar-refractivity contribution in [2.75, 3.05) is 19.7 Å². The van der Waals surface area contributed by atoms with E-state index < -0.39 is 0 Å². The molecular weight excluding hydrogens is 669 g/mol. The van der Waals surface area contributed by atoms with Crippen LogP contribution in [0.1, 0.15) is 201 Å². The second kappa shape index (κ2) is 20.3. The van der Waals surface area contributed by atoms with Crippen molar-refractivity contribution >= 4 is 0 Å². The molecule has 3 rings (SSSR count). The van der Waals surface area contributed by atoms with E-state index in [2.05, 4.69) is 192 Å². The van der Waals surface area contributed by atoms with Crippen molar-refractivity contribution in [3.63, 3.8) is 0 Å². The minimum atomic E-state index is 0.122. The van der Waals surface area contributed by atoms with Gasteiger partial charge in [0, 0.05) is 6.61 Å². The molecule has 3 aromatic carbocycles. The van der Waals surface area contributed by atoms with Crippen molar-refractivity contribution in [2.45, 2.75) is 196 Å². The summed E-state index contributed by atoms with van der Waals surface area (Å²) >= 11 is 0. The monoisotopic (exact) mass is 757 g/mol. The summed E-state index contributed by atoms with van der Waals surface area (Å²) in [7, 11) is 0. The van der Waals surface area contributed by atoms with Crippen molar-refractivity contribution in [3.05, 3.63) is 105 Å². The van der Waals surface area contributed by atoms with Crippen LogP contribution < -0.4 is 11.5 Å². The number of hydrogen-bond donors (Lipinski definition) is 3. The molecule has 0 aliphatic carbocycles. The maximum atomic E-state index is 9.34. The summed E-state index contributed by atoms with van der Waals surface area (Å²) < 4.78 is 0. The first-order valence-corrected chi connectivity index (χ1v) is 21.3. The summed E-state index contributed by atoms with van der Waals surface area (Å²) in [5.74, 6) is 0.784. The Kier molecular flexibility index (Phi) is 18.7. The van der Waals surface area contributed by atoms with Gasteiger partial charge < -0.3 is 16.6 Å². The molecule has 2 atom stereocenters. The number of benzene rings is 3. The van der Waals surface area contributed by atoms with E-state index >= 15 is 0 Å². The molecule has 0 radical (unpaired) electrons. The first-order chi connectivity index (χ1) is 24.9. The van der Waals surface area contributed by atoms with Gasteiger partial charge in [-0.2, -0.15) is 0 Å². The van der Waals surface area contributed by atoms with Gasteiger partial charge in [0.25, 0.3) is 0 Å². The van der Waals surface area contributed by atoms with Crippen LogP contribution in [0.4, 0.5) is 0 Å². The van der Waals surface area contributed by atoms with Crippen LogP contribution in [0.3, 0.4) is 0 Å². The third kappa shape index (κ3) is 15.8. The number of nitrogens with two attached hydrogens (primary N) is 2. The summed E-state index contributed by atoms with van der Waals surface area (Å²) in [5, 5.41) is 9.34. The number of aliphatic hydroxyl groups is 1. The molecule has 0 aliphatic rings. The Morgan fingerprint density at radius 1 is 0.491 bits per heavy atom. The van der Waals surface area contributed by atoms with E-state index in [9.17, 15) is 5.11 Å². The van der Waals surface area contributed by atoms with Gasteiger partial charge >= 0.3 is 0 Å². The molecule has 3 aromatic rings.